The van der Waals surface area contributed by atoms with E-state index in [4.69, 9.17) is 9.47 Å². The number of amides is 2. The van der Waals surface area contributed by atoms with Crippen LogP contribution in [0.5, 0.6) is 0 Å². The summed E-state index contributed by atoms with van der Waals surface area (Å²) in [4.78, 5) is 34.0. The molecular formula is C19H28N2O5Rb2. The molecule has 1 aromatic rings. The average Bonchev–Trinajstić information content (AvgIpc) is 2.65. The third-order valence-electron chi connectivity index (χ3n) is 2.82. The van der Waals surface area contributed by atoms with E-state index in [-0.39, 0.29) is 142 Å². The molecule has 1 aromatic carbocycles. The van der Waals surface area contributed by atoms with E-state index in [9.17, 15) is 14.4 Å². The summed E-state index contributed by atoms with van der Waals surface area (Å²) in [5.74, 6) is -1.27. The van der Waals surface area contributed by atoms with E-state index in [1.807, 2.05) is 19.9 Å². The molecule has 7 nitrogen and oxygen atoms in total. The molecule has 0 aliphatic heterocycles. The second-order valence-corrected chi connectivity index (χ2v) is 4.83. The molecule has 0 spiro atoms. The Morgan fingerprint density at radius 1 is 0.929 bits per heavy atom. The van der Waals surface area contributed by atoms with Gasteiger partial charge in [-0.2, -0.15) is 0 Å². The second-order valence-electron chi connectivity index (χ2n) is 4.83. The van der Waals surface area contributed by atoms with Gasteiger partial charge < -0.3 is 29.7 Å². The van der Waals surface area contributed by atoms with Crippen LogP contribution in [0.3, 0.4) is 0 Å². The summed E-state index contributed by atoms with van der Waals surface area (Å²) in [6, 6.07) is 8.71. The van der Waals surface area contributed by atoms with Gasteiger partial charge in [-0.25, -0.2) is 0 Å². The summed E-state index contributed by atoms with van der Waals surface area (Å²) >= 11 is 0. The predicted molar refractivity (Wildman–Crippen MR) is 100 cm³/mol. The monoisotopic (exact) mass is 534 g/mol. The summed E-state index contributed by atoms with van der Waals surface area (Å²) in [5.41, 5.74) is 0.516. The molecule has 0 heterocycles. The van der Waals surface area contributed by atoms with Crippen LogP contribution in [-0.2, 0) is 23.9 Å². The van der Waals surface area contributed by atoms with Gasteiger partial charge >= 0.3 is 122 Å². The SMILES string of the molecule is CC.CCC(=O)OCCCOCC[N-]C(=O)CC(=O)[N-]c1ccccc1.[Rb+].[Rb+]. The van der Waals surface area contributed by atoms with E-state index in [2.05, 4.69) is 10.6 Å². The summed E-state index contributed by atoms with van der Waals surface area (Å²) in [6.45, 7) is 6.93. The number of hydrogen-bond donors (Lipinski definition) is 0. The molecule has 1 rings (SSSR count). The fourth-order valence-electron chi connectivity index (χ4n) is 1.66. The van der Waals surface area contributed by atoms with Gasteiger partial charge in [-0.15, -0.1) is 12.2 Å². The van der Waals surface area contributed by atoms with E-state index in [1.54, 1.807) is 31.2 Å². The Kier molecular flexibility index (Phi) is 29.6. The van der Waals surface area contributed by atoms with Gasteiger partial charge in [-0.3, -0.25) is 4.79 Å². The van der Waals surface area contributed by atoms with Gasteiger partial charge in [0.15, 0.2) is 0 Å². The van der Waals surface area contributed by atoms with Crippen molar-refractivity contribution in [3.05, 3.63) is 41.0 Å². The molecular weight excluding hydrogens is 507 g/mol. The number of rotatable bonds is 11. The maximum Gasteiger partial charge on any atom is 1.00 e. The van der Waals surface area contributed by atoms with Crippen LogP contribution in [-0.4, -0.2) is 44.1 Å². The Balaban J connectivity index is -0.00000151. The van der Waals surface area contributed by atoms with Crippen molar-refractivity contribution in [2.75, 3.05) is 26.4 Å². The van der Waals surface area contributed by atoms with Gasteiger partial charge in [0, 0.05) is 32.5 Å². The van der Waals surface area contributed by atoms with Gasteiger partial charge in [0.1, 0.15) is 0 Å². The first-order valence-corrected chi connectivity index (χ1v) is 8.85. The summed E-state index contributed by atoms with van der Waals surface area (Å²) in [5, 5.41) is 7.54. The fraction of sp³-hybridized carbons (Fsp3) is 0.526. The van der Waals surface area contributed by atoms with Crippen LogP contribution < -0.4 is 116 Å². The third-order valence-corrected chi connectivity index (χ3v) is 2.82. The van der Waals surface area contributed by atoms with Crippen molar-refractivity contribution in [1.82, 2.24) is 0 Å². The van der Waals surface area contributed by atoms with E-state index in [0.29, 0.717) is 31.7 Å². The molecule has 0 unspecified atom stereocenters. The summed E-state index contributed by atoms with van der Waals surface area (Å²) in [6.07, 6.45) is 0.604. The van der Waals surface area contributed by atoms with Crippen molar-refractivity contribution < 1.29 is 140 Å². The minimum Gasteiger partial charge on any atom is -0.651 e. The maximum atomic E-state index is 11.6. The number of carbonyl (C=O) groups excluding carboxylic acids is 3. The zero-order chi connectivity index (χ0) is 19.6. The first-order valence-electron chi connectivity index (χ1n) is 8.85. The molecule has 146 valence electrons. The fourth-order valence-corrected chi connectivity index (χ4v) is 1.66. The molecule has 0 aliphatic carbocycles. The molecule has 0 atom stereocenters. The Hall–Kier alpha value is 1.20. The minimum absolute atomic E-state index is 0. The van der Waals surface area contributed by atoms with Crippen molar-refractivity contribution in [3.8, 4) is 0 Å². The molecule has 0 fully saturated rings. The normalized spacial score (nSPS) is 8.82. The van der Waals surface area contributed by atoms with Gasteiger partial charge in [-0.05, 0) is 0 Å². The standard InChI is InChI=1S/C17H24N2O5.C2H6.2Rb/c1-2-17(22)24-11-6-10-23-12-9-18-15(20)13-16(21)19-14-7-4-3-5-8-14;1-2;;/h3-5,7-8H,2,6,9-13H2,1H3,(H2,18,19,20,21);1-2H3;;/q;;2*+1/p-2. The van der Waals surface area contributed by atoms with Crippen LogP contribution in [0.1, 0.15) is 40.0 Å². The van der Waals surface area contributed by atoms with Crippen LogP contribution in [0, 0.1) is 0 Å². The van der Waals surface area contributed by atoms with Crippen molar-refractivity contribution >= 4 is 23.5 Å². The van der Waals surface area contributed by atoms with Gasteiger partial charge in [0.05, 0.1) is 18.4 Å². The number of nitrogens with zero attached hydrogens (tertiary/aromatic N) is 2. The minimum atomic E-state index is -0.520. The first-order chi connectivity index (χ1) is 12.6. The van der Waals surface area contributed by atoms with Crippen molar-refractivity contribution in [2.24, 2.45) is 0 Å². The van der Waals surface area contributed by atoms with Crippen molar-refractivity contribution in [2.45, 2.75) is 40.0 Å². The number of para-hydroxylation sites is 1. The molecule has 9 heteroatoms. The smallest absolute Gasteiger partial charge is 0.651 e. The Morgan fingerprint density at radius 2 is 1.57 bits per heavy atom. The van der Waals surface area contributed by atoms with Crippen LogP contribution in [0.4, 0.5) is 5.69 Å². The van der Waals surface area contributed by atoms with Crippen LogP contribution >= 0.6 is 0 Å². The molecule has 28 heavy (non-hydrogen) atoms. The van der Waals surface area contributed by atoms with Crippen LogP contribution in [0.25, 0.3) is 10.6 Å². The van der Waals surface area contributed by atoms with Crippen LogP contribution in [0.2, 0.25) is 0 Å². The molecule has 0 aromatic heterocycles. The molecule has 0 bridgehead atoms. The van der Waals surface area contributed by atoms with Crippen molar-refractivity contribution in [3.63, 3.8) is 0 Å². The van der Waals surface area contributed by atoms with E-state index < -0.39 is 11.8 Å². The van der Waals surface area contributed by atoms with E-state index >= 15 is 0 Å². The van der Waals surface area contributed by atoms with Crippen LogP contribution in [0.15, 0.2) is 30.3 Å². The molecule has 0 saturated heterocycles. The zero-order valence-corrected chi connectivity index (χ0v) is 27.6. The first kappa shape index (κ1) is 33.8. The number of carbonyl (C=O) groups is 3. The molecule has 0 aliphatic rings. The number of ether oxygens (including phenoxy) is 2. The number of hydrogen-bond acceptors (Lipinski definition) is 5. The summed E-state index contributed by atoms with van der Waals surface area (Å²) in [7, 11) is 0. The average molecular weight is 535 g/mol. The molecule has 0 radical (unpaired) electrons. The second kappa shape index (κ2) is 24.5. The molecule has 0 saturated carbocycles. The maximum absolute atomic E-state index is 11.6. The molecule has 2 amide bonds. The summed E-state index contributed by atoms with van der Waals surface area (Å²) < 4.78 is 10.1. The number of benzene rings is 1. The van der Waals surface area contributed by atoms with Gasteiger partial charge in [-0.1, -0.05) is 51.1 Å². The van der Waals surface area contributed by atoms with Crippen molar-refractivity contribution in [1.29, 1.82) is 0 Å². The quantitative estimate of drug-likeness (QED) is 0.184. The zero-order valence-electron chi connectivity index (χ0n) is 17.8. The number of esters is 1. The topological polar surface area (TPSA) is 97.9 Å². The predicted octanol–water partition coefficient (Wildman–Crippen LogP) is -2.10. The Morgan fingerprint density at radius 3 is 2.18 bits per heavy atom. The van der Waals surface area contributed by atoms with E-state index in [0.717, 1.165) is 0 Å². The largest absolute Gasteiger partial charge is 1.00 e. The molecule has 0 N–H and O–H groups in total. The van der Waals surface area contributed by atoms with Gasteiger partial charge in [0.25, 0.3) is 0 Å². The van der Waals surface area contributed by atoms with E-state index in [1.165, 1.54) is 0 Å². The third kappa shape index (κ3) is 20.5. The van der Waals surface area contributed by atoms with Gasteiger partial charge in [0.2, 0.25) is 0 Å². The Bertz CT molecular complexity index is 530. The Labute approximate surface area is 266 Å².